The van der Waals surface area contributed by atoms with Crippen molar-refractivity contribution >= 4 is 34.4 Å². The molecule has 1 fully saturated rings. The van der Waals surface area contributed by atoms with Gasteiger partial charge in [-0.2, -0.15) is 4.37 Å². The van der Waals surface area contributed by atoms with Crippen LogP contribution in [0.2, 0.25) is 0 Å². The second-order valence-electron chi connectivity index (χ2n) is 4.50. The second-order valence-corrected chi connectivity index (χ2v) is 5.25. The summed E-state index contributed by atoms with van der Waals surface area (Å²) in [5.41, 5.74) is 6.18. The molecule has 0 saturated carbocycles. The Bertz CT molecular complexity index is 525. The number of nitrogens with two attached hydrogens (primary N) is 1. The zero-order chi connectivity index (χ0) is 15.4. The number of nitrogens with zero attached hydrogens (tertiary/aromatic N) is 3. The Morgan fingerprint density at radius 2 is 2.05 bits per heavy atom. The molecule has 1 aromatic rings. The van der Waals surface area contributed by atoms with Crippen molar-refractivity contribution in [2.75, 3.05) is 50.5 Å². The molecule has 0 aromatic carbocycles. The van der Waals surface area contributed by atoms with Crippen LogP contribution in [0.1, 0.15) is 17.3 Å². The molecule has 1 aliphatic rings. The molecular formula is C12H19N5O3S. The molecule has 0 radical (unpaired) electrons. The first-order valence-corrected chi connectivity index (χ1v) is 7.49. The lowest BCUT2D eigenvalue weighted by Crippen LogP contribution is -2.49. The summed E-state index contributed by atoms with van der Waals surface area (Å²) in [5, 5.41) is 3.31. The van der Waals surface area contributed by atoms with Gasteiger partial charge in [0.1, 0.15) is 10.6 Å². The van der Waals surface area contributed by atoms with Crippen LogP contribution in [0.3, 0.4) is 0 Å². The Balaban J connectivity index is 2.06. The van der Waals surface area contributed by atoms with Crippen molar-refractivity contribution in [3.05, 3.63) is 5.56 Å². The highest BCUT2D eigenvalue weighted by molar-refractivity contribution is 7.11. The molecule has 1 aromatic heterocycles. The van der Waals surface area contributed by atoms with Gasteiger partial charge in [0.15, 0.2) is 5.82 Å². The minimum atomic E-state index is -0.299. The van der Waals surface area contributed by atoms with Crippen LogP contribution in [0, 0.1) is 0 Å². The van der Waals surface area contributed by atoms with Crippen molar-refractivity contribution < 1.29 is 14.3 Å². The first kappa shape index (κ1) is 15.4. The molecule has 21 heavy (non-hydrogen) atoms. The van der Waals surface area contributed by atoms with Crippen LogP contribution >= 0.6 is 11.5 Å². The lowest BCUT2D eigenvalue weighted by atomic mass is 10.2. The van der Waals surface area contributed by atoms with Gasteiger partial charge < -0.3 is 25.6 Å². The number of nitrogen functional groups attached to an aromatic ring is 1. The minimum Gasteiger partial charge on any atom is -0.450 e. The molecule has 116 valence electrons. The lowest BCUT2D eigenvalue weighted by molar-refractivity contribution is 0.0961. The largest absolute Gasteiger partial charge is 0.450 e. The van der Waals surface area contributed by atoms with E-state index in [1.165, 1.54) is 11.5 Å². The first-order valence-electron chi connectivity index (χ1n) is 6.72. The summed E-state index contributed by atoms with van der Waals surface area (Å²) in [6.07, 6.45) is -0.299. The molecular weight excluding hydrogens is 294 g/mol. The summed E-state index contributed by atoms with van der Waals surface area (Å²) in [5.74, 6) is -0.00811. The minimum absolute atomic E-state index is 0.238. The molecule has 9 heteroatoms. The maximum Gasteiger partial charge on any atom is 0.409 e. The highest BCUT2D eigenvalue weighted by Crippen LogP contribution is 2.31. The fraction of sp³-hybridized carbons (Fsp3) is 0.583. The summed E-state index contributed by atoms with van der Waals surface area (Å²) in [4.78, 5) is 27.2. The summed E-state index contributed by atoms with van der Waals surface area (Å²) in [7, 11) is 1.56. The highest BCUT2D eigenvalue weighted by Gasteiger charge is 2.27. The van der Waals surface area contributed by atoms with Gasteiger partial charge in [-0.1, -0.05) is 0 Å². The van der Waals surface area contributed by atoms with E-state index in [1.807, 2.05) is 4.90 Å². The summed E-state index contributed by atoms with van der Waals surface area (Å²) < 4.78 is 9.04. The van der Waals surface area contributed by atoms with Gasteiger partial charge >= 0.3 is 6.09 Å². The molecule has 0 atom stereocenters. The van der Waals surface area contributed by atoms with E-state index in [0.29, 0.717) is 38.3 Å². The van der Waals surface area contributed by atoms with E-state index in [9.17, 15) is 9.59 Å². The Labute approximate surface area is 127 Å². The molecule has 0 spiro atoms. The summed E-state index contributed by atoms with van der Waals surface area (Å²) >= 11 is 1.20. The van der Waals surface area contributed by atoms with Crippen molar-refractivity contribution in [1.29, 1.82) is 0 Å². The SMILES string of the molecule is CCOC(=O)N1CCN(c2snc(N)c2C(=O)NC)CC1. The quantitative estimate of drug-likeness (QED) is 0.836. The molecule has 2 heterocycles. The van der Waals surface area contributed by atoms with Gasteiger partial charge in [-0.15, -0.1) is 0 Å². The Hall–Kier alpha value is -2.03. The van der Waals surface area contributed by atoms with E-state index in [-0.39, 0.29) is 17.8 Å². The third-order valence-corrected chi connectivity index (χ3v) is 4.17. The number of anilines is 2. The van der Waals surface area contributed by atoms with Gasteiger partial charge in [-0.25, -0.2) is 4.79 Å². The normalized spacial score (nSPS) is 15.0. The molecule has 0 unspecified atom stereocenters. The molecule has 0 aliphatic carbocycles. The zero-order valence-electron chi connectivity index (χ0n) is 12.1. The Kier molecular flexibility index (Phi) is 4.84. The van der Waals surface area contributed by atoms with Gasteiger partial charge in [-0.3, -0.25) is 4.79 Å². The van der Waals surface area contributed by atoms with Crippen LogP contribution in [0.5, 0.6) is 0 Å². The standard InChI is InChI=1S/C12H19N5O3S/c1-3-20-12(19)17-6-4-16(5-7-17)11-8(10(18)14-2)9(13)15-21-11/h3-7H2,1-2H3,(H2,13,15)(H,14,18). The molecule has 8 nitrogen and oxygen atoms in total. The van der Waals surface area contributed by atoms with E-state index in [4.69, 9.17) is 10.5 Å². The van der Waals surface area contributed by atoms with Crippen molar-refractivity contribution in [3.8, 4) is 0 Å². The van der Waals surface area contributed by atoms with Crippen molar-refractivity contribution in [2.45, 2.75) is 6.92 Å². The highest BCUT2D eigenvalue weighted by atomic mass is 32.1. The molecule has 3 N–H and O–H groups in total. The third-order valence-electron chi connectivity index (χ3n) is 3.25. The molecule has 1 saturated heterocycles. The number of rotatable bonds is 3. The second kappa shape index (κ2) is 6.61. The lowest BCUT2D eigenvalue weighted by Gasteiger charge is -2.34. The van der Waals surface area contributed by atoms with Crippen LogP contribution in [0.15, 0.2) is 0 Å². The fourth-order valence-corrected chi connectivity index (χ4v) is 3.02. The summed E-state index contributed by atoms with van der Waals surface area (Å²) in [6.45, 7) is 4.47. The number of hydrogen-bond acceptors (Lipinski definition) is 7. The Morgan fingerprint density at radius 1 is 1.38 bits per heavy atom. The number of nitrogens with one attached hydrogen (secondary N) is 1. The predicted molar refractivity (Wildman–Crippen MR) is 80.7 cm³/mol. The van der Waals surface area contributed by atoms with Crippen LogP contribution < -0.4 is 16.0 Å². The van der Waals surface area contributed by atoms with Crippen LogP contribution in [-0.4, -0.2) is 61.1 Å². The smallest absolute Gasteiger partial charge is 0.409 e. The fourth-order valence-electron chi connectivity index (χ4n) is 2.15. The van der Waals surface area contributed by atoms with Gasteiger partial charge in [-0.05, 0) is 18.5 Å². The number of carbonyl (C=O) groups excluding carboxylic acids is 2. The molecule has 2 amide bonds. The number of piperazine rings is 1. The maximum absolute atomic E-state index is 11.9. The van der Waals surface area contributed by atoms with E-state index >= 15 is 0 Å². The Morgan fingerprint density at radius 3 is 2.62 bits per heavy atom. The van der Waals surface area contributed by atoms with Gasteiger partial charge in [0.05, 0.1) is 6.61 Å². The number of ether oxygens (including phenoxy) is 1. The average Bonchev–Trinajstić information content (AvgIpc) is 2.88. The van der Waals surface area contributed by atoms with E-state index < -0.39 is 0 Å². The van der Waals surface area contributed by atoms with E-state index in [1.54, 1.807) is 18.9 Å². The van der Waals surface area contributed by atoms with E-state index in [2.05, 4.69) is 9.69 Å². The van der Waals surface area contributed by atoms with Crippen molar-refractivity contribution in [3.63, 3.8) is 0 Å². The summed E-state index contributed by atoms with van der Waals surface area (Å²) in [6, 6.07) is 0. The molecule has 1 aliphatic heterocycles. The number of aromatic nitrogens is 1. The van der Waals surface area contributed by atoms with Gasteiger partial charge in [0.2, 0.25) is 0 Å². The zero-order valence-corrected chi connectivity index (χ0v) is 12.9. The molecule has 2 rings (SSSR count). The van der Waals surface area contributed by atoms with Crippen LogP contribution in [-0.2, 0) is 4.74 Å². The number of hydrogen-bond donors (Lipinski definition) is 2. The first-order chi connectivity index (χ1) is 10.1. The monoisotopic (exact) mass is 313 g/mol. The third kappa shape index (κ3) is 3.18. The average molecular weight is 313 g/mol. The topological polar surface area (TPSA) is 101 Å². The van der Waals surface area contributed by atoms with E-state index in [0.717, 1.165) is 5.00 Å². The van der Waals surface area contributed by atoms with Crippen LogP contribution in [0.4, 0.5) is 15.6 Å². The predicted octanol–water partition coefficient (Wildman–Crippen LogP) is 0.363. The van der Waals surface area contributed by atoms with Gasteiger partial charge in [0, 0.05) is 33.2 Å². The number of carbonyl (C=O) groups is 2. The van der Waals surface area contributed by atoms with Gasteiger partial charge in [0.25, 0.3) is 5.91 Å². The van der Waals surface area contributed by atoms with Crippen molar-refractivity contribution in [2.24, 2.45) is 0 Å². The maximum atomic E-state index is 11.9. The van der Waals surface area contributed by atoms with Crippen molar-refractivity contribution in [1.82, 2.24) is 14.6 Å². The van der Waals surface area contributed by atoms with Crippen LogP contribution in [0.25, 0.3) is 0 Å². The number of amides is 2. The molecule has 0 bridgehead atoms.